The van der Waals surface area contributed by atoms with Crippen LogP contribution in [0.1, 0.15) is 11.1 Å². The van der Waals surface area contributed by atoms with Crippen molar-refractivity contribution in [3.05, 3.63) is 93.7 Å². The molecule has 1 amide bonds. The molecule has 0 aliphatic carbocycles. The summed E-state index contributed by atoms with van der Waals surface area (Å²) in [4.78, 5) is 14.7. The number of benzene rings is 2. The summed E-state index contributed by atoms with van der Waals surface area (Å²) in [7, 11) is -2.48. The van der Waals surface area contributed by atoms with Crippen LogP contribution in [0.3, 0.4) is 0 Å². The molecule has 11 heteroatoms. The van der Waals surface area contributed by atoms with Crippen LogP contribution in [0.2, 0.25) is 4.34 Å². The van der Waals surface area contributed by atoms with Crippen LogP contribution in [0.5, 0.6) is 11.5 Å². The summed E-state index contributed by atoms with van der Waals surface area (Å²) in [5.74, 6) is 0.690. The number of amidine groups is 1. The first-order valence-electron chi connectivity index (χ1n) is 10.6. The number of hydrogen-bond donors (Lipinski definition) is 0. The van der Waals surface area contributed by atoms with E-state index in [2.05, 4.69) is 11.0 Å². The Morgan fingerprint density at radius 1 is 1.11 bits per heavy atom. The van der Waals surface area contributed by atoms with Crippen LogP contribution in [-0.4, -0.2) is 38.0 Å². The van der Waals surface area contributed by atoms with Gasteiger partial charge in [0, 0.05) is 6.54 Å². The molecule has 1 aliphatic heterocycles. The van der Waals surface area contributed by atoms with E-state index < -0.39 is 10.0 Å². The maximum absolute atomic E-state index is 13.1. The Labute approximate surface area is 222 Å². The van der Waals surface area contributed by atoms with Crippen molar-refractivity contribution in [3.8, 4) is 11.5 Å². The summed E-state index contributed by atoms with van der Waals surface area (Å²) in [6.07, 6.45) is 3.17. The Morgan fingerprint density at radius 3 is 2.56 bits per heavy atom. The monoisotopic (exact) mass is 560 g/mol. The van der Waals surface area contributed by atoms with E-state index in [1.165, 1.54) is 23.1 Å². The fourth-order valence-corrected chi connectivity index (χ4v) is 6.88. The summed E-state index contributed by atoms with van der Waals surface area (Å²) in [6.45, 7) is 4.12. The van der Waals surface area contributed by atoms with Crippen molar-refractivity contribution in [2.75, 3.05) is 13.7 Å². The molecule has 36 heavy (non-hydrogen) atoms. The molecule has 4 rings (SSSR count). The van der Waals surface area contributed by atoms with E-state index in [1.807, 2.05) is 30.3 Å². The predicted molar refractivity (Wildman–Crippen MR) is 145 cm³/mol. The highest BCUT2D eigenvalue weighted by Crippen LogP contribution is 2.36. The molecule has 0 radical (unpaired) electrons. The zero-order valence-electron chi connectivity index (χ0n) is 19.1. The molecule has 186 valence electrons. The normalized spacial score (nSPS) is 16.1. The summed E-state index contributed by atoms with van der Waals surface area (Å²) < 4.78 is 41.2. The van der Waals surface area contributed by atoms with Crippen molar-refractivity contribution >= 4 is 61.9 Å². The second kappa shape index (κ2) is 11.3. The molecule has 7 nitrogen and oxygen atoms in total. The molecule has 1 aromatic heterocycles. The van der Waals surface area contributed by atoms with Crippen LogP contribution in [0.15, 0.2) is 86.8 Å². The Kier molecular flexibility index (Phi) is 8.20. The van der Waals surface area contributed by atoms with E-state index in [1.54, 1.807) is 31.4 Å². The van der Waals surface area contributed by atoms with Gasteiger partial charge < -0.3 is 9.47 Å². The molecule has 0 unspecified atom stereocenters. The Morgan fingerprint density at radius 2 is 1.89 bits per heavy atom. The highest BCUT2D eigenvalue weighted by Gasteiger charge is 2.34. The molecular weight excluding hydrogens is 540 g/mol. The third kappa shape index (κ3) is 6.01. The van der Waals surface area contributed by atoms with Gasteiger partial charge >= 0.3 is 0 Å². The number of sulfonamides is 1. The fourth-order valence-electron chi connectivity index (χ4n) is 3.23. The van der Waals surface area contributed by atoms with Crippen LogP contribution in [0.4, 0.5) is 0 Å². The van der Waals surface area contributed by atoms with Crippen molar-refractivity contribution in [2.45, 2.75) is 10.8 Å². The number of ether oxygens (including phenoxy) is 2. The van der Waals surface area contributed by atoms with Crippen LogP contribution in [-0.2, 0) is 21.4 Å². The van der Waals surface area contributed by atoms with Gasteiger partial charge in [-0.25, -0.2) is 0 Å². The van der Waals surface area contributed by atoms with Gasteiger partial charge in [-0.15, -0.1) is 22.3 Å². The van der Waals surface area contributed by atoms with Crippen molar-refractivity contribution in [1.29, 1.82) is 0 Å². The topological polar surface area (TPSA) is 85.3 Å². The first-order valence-corrected chi connectivity index (χ1v) is 14.0. The van der Waals surface area contributed by atoms with Crippen LogP contribution in [0.25, 0.3) is 6.08 Å². The zero-order chi connectivity index (χ0) is 25.7. The van der Waals surface area contributed by atoms with E-state index in [4.69, 9.17) is 21.1 Å². The highest BCUT2D eigenvalue weighted by molar-refractivity contribution is 8.19. The Hall–Kier alpha value is -3.05. The SMILES string of the molecule is C=CCN1C(=O)/C(=C/c2ccc(OC)c(OCc3ccccc3)c2)SC1=NS(=O)(=O)c1ccc(Cl)s1. The lowest BCUT2D eigenvalue weighted by Gasteiger charge is -2.12. The number of halogens is 1. The summed E-state index contributed by atoms with van der Waals surface area (Å²) in [6, 6.07) is 17.9. The molecular formula is C25H21ClN2O5S3. The Bertz CT molecular complexity index is 1450. The maximum Gasteiger partial charge on any atom is 0.294 e. The Balaban J connectivity index is 1.63. The number of thiophene rings is 1. The van der Waals surface area contributed by atoms with Crippen molar-refractivity contribution < 1.29 is 22.7 Å². The van der Waals surface area contributed by atoms with Gasteiger partial charge in [-0.2, -0.15) is 8.42 Å². The second-order valence-corrected chi connectivity index (χ2v) is 12.0. The molecule has 1 aliphatic rings. The van der Waals surface area contributed by atoms with E-state index in [0.29, 0.717) is 32.9 Å². The van der Waals surface area contributed by atoms with Gasteiger partial charge in [0.2, 0.25) is 0 Å². The number of rotatable bonds is 9. The van der Waals surface area contributed by atoms with Gasteiger partial charge in [-0.3, -0.25) is 9.69 Å². The quantitative estimate of drug-likeness (QED) is 0.241. The van der Waals surface area contributed by atoms with Crippen LogP contribution in [0, 0.1) is 0 Å². The highest BCUT2D eigenvalue weighted by atomic mass is 35.5. The van der Waals surface area contributed by atoms with Gasteiger partial charge in [0.25, 0.3) is 15.9 Å². The maximum atomic E-state index is 13.1. The van der Waals surface area contributed by atoms with E-state index in [-0.39, 0.29) is 21.8 Å². The number of methoxy groups -OCH3 is 1. The number of thioether (sulfide) groups is 1. The smallest absolute Gasteiger partial charge is 0.294 e. The number of carbonyl (C=O) groups is 1. The number of nitrogens with zero attached hydrogens (tertiary/aromatic N) is 2. The zero-order valence-corrected chi connectivity index (χ0v) is 22.3. The van der Waals surface area contributed by atoms with Crippen molar-refractivity contribution in [1.82, 2.24) is 4.90 Å². The van der Waals surface area contributed by atoms with E-state index in [9.17, 15) is 13.2 Å². The van der Waals surface area contributed by atoms with Gasteiger partial charge in [-0.05, 0) is 53.2 Å². The average molecular weight is 561 g/mol. The predicted octanol–water partition coefficient (Wildman–Crippen LogP) is 5.84. The molecule has 0 bridgehead atoms. The lowest BCUT2D eigenvalue weighted by atomic mass is 10.1. The largest absolute Gasteiger partial charge is 0.493 e. The molecule has 0 saturated carbocycles. The number of hydrogen-bond acceptors (Lipinski definition) is 7. The van der Waals surface area contributed by atoms with Gasteiger partial charge in [0.05, 0.1) is 16.4 Å². The summed E-state index contributed by atoms with van der Waals surface area (Å²) in [5, 5.41) is 0.0461. The van der Waals surface area contributed by atoms with Crippen molar-refractivity contribution in [3.63, 3.8) is 0 Å². The van der Waals surface area contributed by atoms with Gasteiger partial charge in [0.15, 0.2) is 16.7 Å². The van der Waals surface area contributed by atoms with Crippen LogP contribution >= 0.6 is 34.7 Å². The molecule has 1 saturated heterocycles. The minimum absolute atomic E-state index is 0.000562. The minimum Gasteiger partial charge on any atom is -0.493 e. The minimum atomic E-state index is -4.03. The van der Waals surface area contributed by atoms with E-state index >= 15 is 0 Å². The number of carbonyl (C=O) groups excluding carboxylic acids is 1. The molecule has 2 heterocycles. The third-order valence-corrected chi connectivity index (χ3v) is 9.01. The second-order valence-electron chi connectivity index (χ2n) is 7.41. The van der Waals surface area contributed by atoms with Gasteiger partial charge in [-0.1, -0.05) is 54.1 Å². The molecule has 2 aromatic carbocycles. The first kappa shape index (κ1) is 26.0. The average Bonchev–Trinajstić information content (AvgIpc) is 3.43. The van der Waals surface area contributed by atoms with Crippen molar-refractivity contribution in [2.24, 2.45) is 4.40 Å². The first-order chi connectivity index (χ1) is 17.3. The molecule has 1 fully saturated rings. The fraction of sp³-hybridized carbons (Fsp3) is 0.120. The lowest BCUT2D eigenvalue weighted by molar-refractivity contribution is -0.121. The molecule has 3 aromatic rings. The lowest BCUT2D eigenvalue weighted by Crippen LogP contribution is -2.29. The number of amides is 1. The summed E-state index contributed by atoms with van der Waals surface area (Å²) in [5.41, 5.74) is 1.68. The molecule has 0 N–H and O–H groups in total. The summed E-state index contributed by atoms with van der Waals surface area (Å²) >= 11 is 7.76. The van der Waals surface area contributed by atoms with Crippen LogP contribution < -0.4 is 9.47 Å². The molecule has 0 atom stereocenters. The third-order valence-electron chi connectivity index (χ3n) is 4.92. The van der Waals surface area contributed by atoms with E-state index in [0.717, 1.165) is 28.7 Å². The van der Waals surface area contributed by atoms with Gasteiger partial charge in [0.1, 0.15) is 10.8 Å². The standard InChI is InChI=1S/C25H21ClN2O5S3/c1-3-13-28-24(29)21(34-25(28)27-36(30,31)23-12-11-22(26)35-23)15-18-9-10-19(32-2)20(14-18)33-16-17-7-5-4-6-8-17/h3-12,14-15H,1,13,16H2,2H3/b21-15-,27-25?. The molecule has 0 spiro atoms.